The molecule has 6 nitrogen and oxygen atoms in total. The van der Waals surface area contributed by atoms with Gasteiger partial charge in [0.05, 0.1) is 25.2 Å². The van der Waals surface area contributed by atoms with Crippen molar-refractivity contribution >= 4 is 17.5 Å². The van der Waals surface area contributed by atoms with Gasteiger partial charge in [-0.3, -0.25) is 9.59 Å². The van der Waals surface area contributed by atoms with E-state index in [0.717, 1.165) is 17.8 Å². The first-order valence-electron chi connectivity index (χ1n) is 6.66. The molecule has 2 amide bonds. The van der Waals surface area contributed by atoms with Crippen molar-refractivity contribution in [1.29, 1.82) is 0 Å². The molecule has 1 aromatic rings. The lowest BCUT2D eigenvalue weighted by molar-refractivity contribution is -0.678. The minimum atomic E-state index is -0.351. The van der Waals surface area contributed by atoms with Crippen LogP contribution in [0.15, 0.2) is 35.4 Å². The summed E-state index contributed by atoms with van der Waals surface area (Å²) in [7, 11) is 0. The van der Waals surface area contributed by atoms with E-state index in [4.69, 9.17) is 0 Å². The van der Waals surface area contributed by atoms with Crippen LogP contribution in [0.1, 0.15) is 18.9 Å². The predicted molar refractivity (Wildman–Crippen MR) is 75.0 cm³/mol. The zero-order chi connectivity index (χ0) is 14.4. The largest absolute Gasteiger partial charge is 0.345 e. The van der Waals surface area contributed by atoms with Crippen LogP contribution in [-0.2, 0) is 9.59 Å². The highest BCUT2D eigenvalue weighted by Gasteiger charge is 2.27. The van der Waals surface area contributed by atoms with Crippen molar-refractivity contribution in [2.24, 2.45) is 5.10 Å². The van der Waals surface area contributed by atoms with Gasteiger partial charge in [-0.05, 0) is 12.5 Å². The van der Waals surface area contributed by atoms with Gasteiger partial charge < -0.3 is 10.6 Å². The van der Waals surface area contributed by atoms with Gasteiger partial charge >= 0.3 is 0 Å². The van der Waals surface area contributed by atoms with E-state index in [1.807, 2.05) is 42.6 Å². The maximum Gasteiger partial charge on any atom is 0.279 e. The van der Waals surface area contributed by atoms with Gasteiger partial charge in [0.25, 0.3) is 5.91 Å². The average molecular weight is 275 g/mol. The molecular weight excluding hydrogens is 256 g/mol. The molecule has 1 heterocycles. The third-order valence-electron chi connectivity index (χ3n) is 3.18. The summed E-state index contributed by atoms with van der Waals surface area (Å²) in [5.41, 5.74) is 4.18. The van der Waals surface area contributed by atoms with Gasteiger partial charge in [0.15, 0.2) is 6.04 Å². The van der Waals surface area contributed by atoms with E-state index in [2.05, 4.69) is 15.8 Å². The molecule has 1 aliphatic rings. The highest BCUT2D eigenvalue weighted by atomic mass is 16.2. The Bertz CT molecular complexity index is 513. The fraction of sp³-hybridized carbons (Fsp3) is 0.357. The van der Waals surface area contributed by atoms with E-state index < -0.39 is 0 Å². The molecule has 0 aromatic heterocycles. The van der Waals surface area contributed by atoms with Crippen LogP contribution in [-0.4, -0.2) is 36.7 Å². The second-order valence-electron chi connectivity index (χ2n) is 4.72. The number of nitrogens with zero attached hydrogens (tertiary/aromatic N) is 1. The van der Waals surface area contributed by atoms with Crippen LogP contribution in [0, 0.1) is 0 Å². The summed E-state index contributed by atoms with van der Waals surface area (Å²) >= 11 is 0. The molecule has 1 atom stereocenters. The number of hydrogen-bond donors (Lipinski definition) is 3. The number of nitrogens with one attached hydrogen (secondary N) is 2. The summed E-state index contributed by atoms with van der Waals surface area (Å²) in [4.78, 5) is 23.3. The van der Waals surface area contributed by atoms with Crippen molar-refractivity contribution in [3.63, 3.8) is 0 Å². The number of hydrazone groups is 1. The van der Waals surface area contributed by atoms with Gasteiger partial charge in [0, 0.05) is 0 Å². The van der Waals surface area contributed by atoms with Crippen LogP contribution in [0.5, 0.6) is 0 Å². The number of rotatable bonds is 4. The van der Waals surface area contributed by atoms with Crippen LogP contribution in [0.3, 0.4) is 0 Å². The Kier molecular flexibility index (Phi) is 4.84. The normalized spacial score (nSPS) is 19.4. The maximum atomic E-state index is 11.8. The molecule has 1 saturated heterocycles. The summed E-state index contributed by atoms with van der Waals surface area (Å²) < 4.78 is 0. The van der Waals surface area contributed by atoms with Crippen molar-refractivity contribution in [2.75, 3.05) is 13.1 Å². The van der Waals surface area contributed by atoms with E-state index >= 15 is 0 Å². The molecule has 2 rings (SSSR count). The lowest BCUT2D eigenvalue weighted by atomic mass is 10.1. The molecule has 6 heteroatoms. The summed E-state index contributed by atoms with van der Waals surface area (Å²) in [6.07, 6.45) is 0.136. The molecule has 1 aromatic carbocycles. The van der Waals surface area contributed by atoms with Crippen molar-refractivity contribution in [3.8, 4) is 0 Å². The first-order chi connectivity index (χ1) is 9.66. The van der Waals surface area contributed by atoms with Gasteiger partial charge in [-0.1, -0.05) is 30.3 Å². The molecule has 20 heavy (non-hydrogen) atoms. The number of carbonyl (C=O) groups excluding carboxylic acids is 2. The van der Waals surface area contributed by atoms with Crippen molar-refractivity contribution in [3.05, 3.63) is 35.9 Å². The topological polar surface area (TPSA) is 87.2 Å². The van der Waals surface area contributed by atoms with Crippen LogP contribution in [0.4, 0.5) is 0 Å². The zero-order valence-corrected chi connectivity index (χ0v) is 11.4. The summed E-state index contributed by atoms with van der Waals surface area (Å²) in [5.74, 6) is -0.339. The van der Waals surface area contributed by atoms with Crippen molar-refractivity contribution < 1.29 is 14.9 Å². The Labute approximate surface area is 117 Å². The minimum Gasteiger partial charge on any atom is -0.345 e. The first kappa shape index (κ1) is 14.2. The van der Waals surface area contributed by atoms with Crippen molar-refractivity contribution in [2.45, 2.75) is 19.4 Å². The molecule has 1 fully saturated rings. The number of hydrogen-bond acceptors (Lipinski definition) is 3. The molecule has 0 radical (unpaired) electrons. The highest BCUT2D eigenvalue weighted by molar-refractivity contribution is 5.99. The number of quaternary nitrogens is 1. The Hall–Kier alpha value is -2.21. The van der Waals surface area contributed by atoms with Crippen LogP contribution >= 0.6 is 0 Å². The molecule has 0 saturated carbocycles. The quantitative estimate of drug-likeness (QED) is 0.485. The molecule has 4 N–H and O–H groups in total. The number of carbonyl (C=O) groups is 2. The molecular formula is C14H19N4O2+. The number of nitrogens with two attached hydrogens (primary N) is 1. The van der Waals surface area contributed by atoms with Crippen LogP contribution in [0.2, 0.25) is 0 Å². The van der Waals surface area contributed by atoms with Gasteiger partial charge in [-0.15, -0.1) is 0 Å². The smallest absolute Gasteiger partial charge is 0.279 e. The molecule has 0 unspecified atom stereocenters. The second kappa shape index (κ2) is 6.81. The second-order valence-corrected chi connectivity index (χ2v) is 4.72. The van der Waals surface area contributed by atoms with Gasteiger partial charge in [0.1, 0.15) is 0 Å². The Morgan fingerprint density at radius 1 is 1.45 bits per heavy atom. The Balaban J connectivity index is 1.87. The van der Waals surface area contributed by atoms with Crippen molar-refractivity contribution in [1.82, 2.24) is 10.7 Å². The van der Waals surface area contributed by atoms with E-state index in [9.17, 15) is 9.59 Å². The number of piperazine rings is 1. The fourth-order valence-corrected chi connectivity index (χ4v) is 2.03. The molecule has 0 aliphatic carbocycles. The lowest BCUT2D eigenvalue weighted by Crippen LogP contribution is -2.96. The molecule has 0 bridgehead atoms. The van der Waals surface area contributed by atoms with Gasteiger partial charge in [0.2, 0.25) is 5.91 Å². The SMILES string of the molecule is C/C(=N\NC(=O)C[C@@H]1[NH2+]CCNC1=O)c1ccccc1. The van der Waals surface area contributed by atoms with E-state index in [1.54, 1.807) is 0 Å². The van der Waals surface area contributed by atoms with Gasteiger partial charge in [-0.2, -0.15) is 5.10 Å². The molecule has 1 aliphatic heterocycles. The van der Waals surface area contributed by atoms with Crippen LogP contribution in [0.25, 0.3) is 0 Å². The third-order valence-corrected chi connectivity index (χ3v) is 3.18. The molecule has 106 valence electrons. The maximum absolute atomic E-state index is 11.8. The van der Waals surface area contributed by atoms with Crippen LogP contribution < -0.4 is 16.1 Å². The third kappa shape index (κ3) is 3.89. The fourth-order valence-electron chi connectivity index (χ4n) is 2.03. The average Bonchev–Trinajstić information content (AvgIpc) is 2.48. The van der Waals surface area contributed by atoms with E-state index in [0.29, 0.717) is 6.54 Å². The van der Waals surface area contributed by atoms with E-state index in [-0.39, 0.29) is 24.3 Å². The lowest BCUT2D eigenvalue weighted by Gasteiger charge is -2.19. The Morgan fingerprint density at radius 3 is 2.90 bits per heavy atom. The predicted octanol–water partition coefficient (Wildman–Crippen LogP) is -1.02. The summed E-state index contributed by atoms with van der Waals surface area (Å²) in [6.45, 7) is 3.28. The standard InChI is InChI=1S/C14H18N4O2/c1-10(11-5-3-2-4-6-11)17-18-13(19)9-12-14(20)16-8-7-15-12/h2-6,12,15H,7-9H2,1H3,(H,16,20)(H,18,19)/p+1/b17-10+/t12-/m0/s1. The molecule has 0 spiro atoms. The highest BCUT2D eigenvalue weighted by Crippen LogP contribution is 2.00. The summed E-state index contributed by atoms with van der Waals surface area (Å²) in [6, 6.07) is 9.25. The Morgan fingerprint density at radius 2 is 2.20 bits per heavy atom. The number of amides is 2. The monoisotopic (exact) mass is 275 g/mol. The first-order valence-corrected chi connectivity index (χ1v) is 6.66. The number of benzene rings is 1. The van der Waals surface area contributed by atoms with E-state index in [1.165, 1.54) is 0 Å². The minimum absolute atomic E-state index is 0.0878. The summed E-state index contributed by atoms with van der Waals surface area (Å²) in [5, 5.41) is 8.68. The zero-order valence-electron chi connectivity index (χ0n) is 11.4. The van der Waals surface area contributed by atoms with Gasteiger partial charge in [-0.25, -0.2) is 5.43 Å².